The molecule has 0 unspecified atom stereocenters. The number of H-pyrrole nitrogens is 1. The van der Waals surface area contributed by atoms with Crippen molar-refractivity contribution in [1.29, 1.82) is 0 Å². The summed E-state index contributed by atoms with van der Waals surface area (Å²) in [6, 6.07) is 15.3. The average Bonchev–Trinajstić information content (AvgIpc) is 3.35. The van der Waals surface area contributed by atoms with E-state index in [4.69, 9.17) is 14.2 Å². The largest absolute Gasteiger partial charge is 0.476 e. The number of nitrogens with one attached hydrogen (secondary N) is 1. The maximum atomic E-state index is 5.91. The molecule has 0 aliphatic carbocycles. The first-order valence-corrected chi connectivity index (χ1v) is 10.3. The summed E-state index contributed by atoms with van der Waals surface area (Å²) in [5.74, 6) is 1.86. The monoisotopic (exact) mass is 417 g/mol. The number of hydrogen-bond acceptors (Lipinski definition) is 7. The predicted molar refractivity (Wildman–Crippen MR) is 116 cm³/mol. The Bertz CT molecular complexity index is 1130. The molecule has 1 aromatic carbocycles. The number of aromatic amines is 1. The minimum Gasteiger partial charge on any atom is -0.476 e. The van der Waals surface area contributed by atoms with Crippen molar-refractivity contribution in [2.45, 2.75) is 0 Å². The first-order chi connectivity index (χ1) is 15.3. The highest BCUT2D eigenvalue weighted by Crippen LogP contribution is 2.26. The van der Waals surface area contributed by atoms with Gasteiger partial charge in [-0.2, -0.15) is 5.10 Å². The molecular weight excluding hydrogens is 394 g/mol. The van der Waals surface area contributed by atoms with Gasteiger partial charge in [-0.25, -0.2) is 9.97 Å². The molecule has 1 N–H and O–H groups in total. The molecule has 4 aromatic rings. The van der Waals surface area contributed by atoms with Gasteiger partial charge in [0.25, 0.3) is 0 Å². The lowest BCUT2D eigenvalue weighted by Crippen LogP contribution is -2.38. The third-order valence-electron chi connectivity index (χ3n) is 5.17. The molecule has 8 nitrogen and oxygen atoms in total. The van der Waals surface area contributed by atoms with E-state index in [1.165, 1.54) is 0 Å². The molecule has 0 radical (unpaired) electrons. The molecule has 1 saturated heterocycles. The van der Waals surface area contributed by atoms with Crippen molar-refractivity contribution < 1.29 is 14.2 Å². The lowest BCUT2D eigenvalue weighted by molar-refractivity contribution is 0.0320. The van der Waals surface area contributed by atoms with Crippen LogP contribution in [0.4, 0.5) is 0 Å². The number of hydrogen-bond donors (Lipinski definition) is 1. The highest BCUT2D eigenvalue weighted by Gasteiger charge is 2.10. The van der Waals surface area contributed by atoms with Gasteiger partial charge < -0.3 is 14.2 Å². The van der Waals surface area contributed by atoms with Gasteiger partial charge in [-0.15, -0.1) is 0 Å². The van der Waals surface area contributed by atoms with Crippen LogP contribution in [0.2, 0.25) is 0 Å². The van der Waals surface area contributed by atoms with Crippen LogP contribution in [0.5, 0.6) is 17.5 Å². The van der Waals surface area contributed by atoms with Crippen LogP contribution in [0.1, 0.15) is 0 Å². The molecule has 1 aliphatic rings. The molecule has 31 heavy (non-hydrogen) atoms. The van der Waals surface area contributed by atoms with Crippen LogP contribution in [0, 0.1) is 0 Å². The number of ether oxygens (including phenoxy) is 3. The Labute approximate surface area is 179 Å². The number of fused-ring (bicyclic) bond motifs is 1. The Balaban J connectivity index is 1.21. The quantitative estimate of drug-likeness (QED) is 0.492. The topological polar surface area (TPSA) is 85.4 Å². The van der Waals surface area contributed by atoms with Gasteiger partial charge in [-0.3, -0.25) is 10.00 Å². The minimum absolute atomic E-state index is 0.527. The van der Waals surface area contributed by atoms with Gasteiger partial charge in [-0.1, -0.05) is 0 Å². The standard InChI is InChI=1S/C23H23N5O3/c1-6-23(30-14-11-28-9-12-29-13-10-28)26-20-4-3-19(15-17(1)20)31-22-5-2-18(16-24-22)21-7-8-25-27-21/h1-8,15-16H,9-14H2,(H,25,27). The van der Waals surface area contributed by atoms with Gasteiger partial charge in [0.1, 0.15) is 12.4 Å². The molecule has 1 aliphatic heterocycles. The van der Waals surface area contributed by atoms with Crippen LogP contribution >= 0.6 is 0 Å². The average molecular weight is 417 g/mol. The fourth-order valence-electron chi connectivity index (χ4n) is 3.47. The van der Waals surface area contributed by atoms with Crippen molar-refractivity contribution in [3.63, 3.8) is 0 Å². The van der Waals surface area contributed by atoms with E-state index in [-0.39, 0.29) is 0 Å². The molecule has 0 amide bonds. The zero-order valence-electron chi connectivity index (χ0n) is 17.0. The van der Waals surface area contributed by atoms with Crippen LogP contribution in [0.15, 0.2) is 60.9 Å². The first-order valence-electron chi connectivity index (χ1n) is 10.3. The third-order valence-corrected chi connectivity index (χ3v) is 5.17. The van der Waals surface area contributed by atoms with Gasteiger partial charge in [0.05, 0.1) is 24.4 Å². The van der Waals surface area contributed by atoms with E-state index >= 15 is 0 Å². The SMILES string of the molecule is c1cc(-c2ccc(Oc3ccc4nc(OCCN5CCOCC5)ccc4c3)nc2)[nH]n1. The number of pyridine rings is 2. The Hall–Kier alpha value is -3.49. The van der Waals surface area contributed by atoms with Crippen molar-refractivity contribution in [1.82, 2.24) is 25.1 Å². The van der Waals surface area contributed by atoms with E-state index in [1.54, 1.807) is 12.4 Å². The van der Waals surface area contributed by atoms with E-state index in [0.717, 1.165) is 55.0 Å². The molecule has 0 spiro atoms. The third kappa shape index (κ3) is 4.82. The van der Waals surface area contributed by atoms with Gasteiger partial charge in [0.15, 0.2) is 0 Å². The molecular formula is C23H23N5O3. The van der Waals surface area contributed by atoms with Crippen LogP contribution in [0.3, 0.4) is 0 Å². The van der Waals surface area contributed by atoms with Gasteiger partial charge in [0.2, 0.25) is 11.8 Å². The number of benzene rings is 1. The maximum absolute atomic E-state index is 5.91. The minimum atomic E-state index is 0.527. The number of rotatable bonds is 7. The zero-order chi connectivity index (χ0) is 20.9. The summed E-state index contributed by atoms with van der Waals surface area (Å²) in [7, 11) is 0. The molecule has 0 saturated carbocycles. The summed E-state index contributed by atoms with van der Waals surface area (Å²) in [6.45, 7) is 4.99. The highest BCUT2D eigenvalue weighted by molar-refractivity contribution is 5.80. The summed E-state index contributed by atoms with van der Waals surface area (Å²) in [6.07, 6.45) is 3.47. The second-order valence-corrected chi connectivity index (χ2v) is 7.26. The summed E-state index contributed by atoms with van der Waals surface area (Å²) < 4.78 is 17.1. The van der Waals surface area contributed by atoms with Gasteiger partial charge in [0, 0.05) is 55.1 Å². The molecule has 3 aromatic heterocycles. The van der Waals surface area contributed by atoms with Crippen LogP contribution in [-0.2, 0) is 4.74 Å². The Kier molecular flexibility index (Phi) is 5.72. The summed E-state index contributed by atoms with van der Waals surface area (Å²) in [4.78, 5) is 11.3. The predicted octanol–water partition coefficient (Wildman–Crippen LogP) is 3.52. The molecule has 0 bridgehead atoms. The van der Waals surface area contributed by atoms with Crippen molar-refractivity contribution in [3.05, 3.63) is 60.9 Å². The fourth-order valence-corrected chi connectivity index (χ4v) is 3.47. The second kappa shape index (κ2) is 9.11. The van der Waals surface area contributed by atoms with E-state index in [9.17, 15) is 0 Å². The zero-order valence-corrected chi connectivity index (χ0v) is 17.0. The van der Waals surface area contributed by atoms with E-state index in [1.807, 2.05) is 48.5 Å². The Morgan fingerprint density at radius 2 is 1.90 bits per heavy atom. The second-order valence-electron chi connectivity index (χ2n) is 7.26. The summed E-state index contributed by atoms with van der Waals surface area (Å²) in [5.41, 5.74) is 2.73. The number of aromatic nitrogens is 4. The van der Waals surface area contributed by atoms with Crippen LogP contribution < -0.4 is 9.47 Å². The summed E-state index contributed by atoms with van der Waals surface area (Å²) >= 11 is 0. The molecule has 4 heterocycles. The Morgan fingerprint density at radius 1 is 1.00 bits per heavy atom. The smallest absolute Gasteiger partial charge is 0.219 e. The number of morpholine rings is 1. The molecule has 0 atom stereocenters. The van der Waals surface area contributed by atoms with Crippen molar-refractivity contribution in [3.8, 4) is 28.8 Å². The fraction of sp³-hybridized carbons (Fsp3) is 0.261. The van der Waals surface area contributed by atoms with E-state index in [0.29, 0.717) is 24.1 Å². The lowest BCUT2D eigenvalue weighted by Gasteiger charge is -2.26. The Morgan fingerprint density at radius 3 is 2.71 bits per heavy atom. The van der Waals surface area contributed by atoms with Crippen molar-refractivity contribution in [2.75, 3.05) is 39.5 Å². The van der Waals surface area contributed by atoms with E-state index < -0.39 is 0 Å². The van der Waals surface area contributed by atoms with Gasteiger partial charge in [-0.05, 0) is 36.4 Å². The number of nitrogens with zero attached hydrogens (tertiary/aromatic N) is 4. The van der Waals surface area contributed by atoms with Gasteiger partial charge >= 0.3 is 0 Å². The van der Waals surface area contributed by atoms with Crippen molar-refractivity contribution in [2.24, 2.45) is 0 Å². The normalized spacial score (nSPS) is 14.6. The van der Waals surface area contributed by atoms with Crippen molar-refractivity contribution >= 4 is 10.9 Å². The molecule has 1 fully saturated rings. The molecule has 5 rings (SSSR count). The first kappa shape index (κ1) is 19.5. The lowest BCUT2D eigenvalue weighted by atomic mass is 10.2. The summed E-state index contributed by atoms with van der Waals surface area (Å²) in [5, 5.41) is 7.86. The molecule has 158 valence electrons. The van der Waals surface area contributed by atoms with E-state index in [2.05, 4.69) is 25.1 Å². The highest BCUT2D eigenvalue weighted by atomic mass is 16.5. The van der Waals surface area contributed by atoms with Crippen LogP contribution in [0.25, 0.3) is 22.2 Å². The van der Waals surface area contributed by atoms with Crippen LogP contribution in [-0.4, -0.2) is 64.5 Å². The molecule has 8 heteroatoms. The maximum Gasteiger partial charge on any atom is 0.219 e.